The highest BCUT2D eigenvalue weighted by molar-refractivity contribution is 7.16. The number of fused-ring (bicyclic) bond motifs is 1. The molecule has 2 aromatic heterocycles. The number of nitriles is 1. The summed E-state index contributed by atoms with van der Waals surface area (Å²) in [6.07, 6.45) is 5.17. The van der Waals surface area contributed by atoms with Crippen molar-refractivity contribution in [1.82, 2.24) is 4.57 Å². The van der Waals surface area contributed by atoms with Gasteiger partial charge in [0.15, 0.2) is 6.61 Å². The number of aromatic nitrogens is 1. The molecule has 1 amide bonds. The number of hydrogen-bond donors (Lipinski definition) is 1. The van der Waals surface area contributed by atoms with E-state index < -0.39 is 11.9 Å². The van der Waals surface area contributed by atoms with Gasteiger partial charge in [0.1, 0.15) is 11.1 Å². The zero-order valence-electron chi connectivity index (χ0n) is 17.4. The Bertz CT molecular complexity index is 979. The van der Waals surface area contributed by atoms with Crippen molar-refractivity contribution in [3.8, 4) is 6.07 Å². The molecule has 0 radical (unpaired) electrons. The second kappa shape index (κ2) is 8.83. The lowest BCUT2D eigenvalue weighted by Gasteiger charge is -2.13. The summed E-state index contributed by atoms with van der Waals surface area (Å²) in [5, 5.41) is 12.9. The quantitative estimate of drug-likeness (QED) is 0.570. The van der Waals surface area contributed by atoms with E-state index >= 15 is 0 Å². The van der Waals surface area contributed by atoms with Gasteiger partial charge in [-0.3, -0.25) is 4.79 Å². The Morgan fingerprint density at radius 1 is 1.28 bits per heavy atom. The van der Waals surface area contributed by atoms with E-state index in [1.165, 1.54) is 22.6 Å². The van der Waals surface area contributed by atoms with E-state index in [9.17, 15) is 14.9 Å². The average molecular weight is 414 g/mol. The summed E-state index contributed by atoms with van der Waals surface area (Å²) < 4.78 is 7.31. The van der Waals surface area contributed by atoms with Crippen molar-refractivity contribution in [2.45, 2.75) is 65.8 Å². The number of ether oxygens (including phenoxy) is 1. The lowest BCUT2D eigenvalue weighted by molar-refractivity contribution is -0.119. The van der Waals surface area contributed by atoms with Gasteiger partial charge in [-0.05, 0) is 65.0 Å². The van der Waals surface area contributed by atoms with Crippen LogP contribution in [0.4, 0.5) is 5.00 Å². The van der Waals surface area contributed by atoms with Crippen LogP contribution in [0.3, 0.4) is 0 Å². The van der Waals surface area contributed by atoms with Crippen molar-refractivity contribution < 1.29 is 14.3 Å². The number of hydrogen-bond acceptors (Lipinski definition) is 5. The van der Waals surface area contributed by atoms with Gasteiger partial charge in [0.2, 0.25) is 0 Å². The van der Waals surface area contributed by atoms with E-state index in [1.54, 1.807) is 6.07 Å². The van der Waals surface area contributed by atoms with Crippen LogP contribution < -0.4 is 5.32 Å². The molecule has 29 heavy (non-hydrogen) atoms. The molecule has 1 N–H and O–H groups in total. The Kier molecular flexibility index (Phi) is 6.43. The summed E-state index contributed by atoms with van der Waals surface area (Å²) in [5.74, 6) is -0.938. The molecule has 0 unspecified atom stereocenters. The number of carbonyl (C=O) groups is 2. The molecule has 6 nitrogen and oxygen atoms in total. The van der Waals surface area contributed by atoms with E-state index in [4.69, 9.17) is 4.74 Å². The van der Waals surface area contributed by atoms with Gasteiger partial charge < -0.3 is 14.6 Å². The Morgan fingerprint density at radius 3 is 2.66 bits per heavy atom. The molecule has 2 aromatic rings. The molecule has 0 aromatic carbocycles. The van der Waals surface area contributed by atoms with Crippen molar-refractivity contribution >= 4 is 28.2 Å². The third-order valence-electron chi connectivity index (χ3n) is 5.34. The Morgan fingerprint density at radius 2 is 2.00 bits per heavy atom. The molecule has 0 saturated heterocycles. The zero-order valence-corrected chi connectivity index (χ0v) is 18.2. The molecule has 2 heterocycles. The fourth-order valence-corrected chi connectivity index (χ4v) is 5.35. The van der Waals surface area contributed by atoms with E-state index in [0.717, 1.165) is 42.6 Å². The fourth-order valence-electron chi connectivity index (χ4n) is 4.10. The first-order valence-electron chi connectivity index (χ1n) is 10.0. The van der Waals surface area contributed by atoms with Gasteiger partial charge in [-0.2, -0.15) is 5.26 Å². The highest BCUT2D eigenvalue weighted by Crippen LogP contribution is 2.36. The molecule has 154 valence electrons. The van der Waals surface area contributed by atoms with E-state index in [0.29, 0.717) is 16.1 Å². The maximum absolute atomic E-state index is 12.5. The largest absolute Gasteiger partial charge is 0.452 e. The van der Waals surface area contributed by atoms with E-state index in [-0.39, 0.29) is 12.6 Å². The van der Waals surface area contributed by atoms with Gasteiger partial charge in [-0.15, -0.1) is 11.3 Å². The summed E-state index contributed by atoms with van der Waals surface area (Å²) in [5.41, 5.74) is 3.92. The molecule has 1 aliphatic carbocycles. The smallest absolute Gasteiger partial charge is 0.340 e. The number of rotatable bonds is 5. The average Bonchev–Trinajstić information content (AvgIpc) is 3.04. The number of nitrogens with zero attached hydrogens (tertiary/aromatic N) is 2. The Hall–Kier alpha value is -2.59. The number of aryl methyl sites for hydroxylation is 2. The monoisotopic (exact) mass is 413 g/mol. The maximum atomic E-state index is 12.5. The van der Waals surface area contributed by atoms with Crippen molar-refractivity contribution in [2.75, 3.05) is 11.9 Å². The van der Waals surface area contributed by atoms with Crippen molar-refractivity contribution in [3.63, 3.8) is 0 Å². The van der Waals surface area contributed by atoms with Crippen LogP contribution in [-0.2, 0) is 22.4 Å². The zero-order chi connectivity index (χ0) is 21.1. The van der Waals surface area contributed by atoms with Gasteiger partial charge in [-0.25, -0.2) is 4.79 Å². The minimum absolute atomic E-state index is 0.235. The molecular formula is C22H27N3O3S. The predicted molar refractivity (Wildman–Crippen MR) is 113 cm³/mol. The lowest BCUT2D eigenvalue weighted by atomic mass is 10.1. The van der Waals surface area contributed by atoms with Crippen LogP contribution in [0.2, 0.25) is 0 Å². The molecule has 0 atom stereocenters. The topological polar surface area (TPSA) is 84.1 Å². The minimum atomic E-state index is -0.511. The van der Waals surface area contributed by atoms with Crippen molar-refractivity contribution in [2.24, 2.45) is 0 Å². The predicted octanol–water partition coefficient (Wildman–Crippen LogP) is 4.68. The van der Waals surface area contributed by atoms with Crippen LogP contribution in [0.15, 0.2) is 6.07 Å². The summed E-state index contributed by atoms with van der Waals surface area (Å²) in [6, 6.07) is 4.27. The summed E-state index contributed by atoms with van der Waals surface area (Å²) >= 11 is 1.47. The van der Waals surface area contributed by atoms with E-state index in [1.807, 2.05) is 13.8 Å². The second-order valence-electron chi connectivity index (χ2n) is 7.75. The Balaban J connectivity index is 1.66. The van der Waals surface area contributed by atoms with Crippen molar-refractivity contribution in [3.05, 3.63) is 39.0 Å². The summed E-state index contributed by atoms with van der Waals surface area (Å²) in [6.45, 7) is 7.55. The number of nitrogens with one attached hydrogen (secondary N) is 1. The second-order valence-corrected chi connectivity index (χ2v) is 8.86. The van der Waals surface area contributed by atoms with Crippen LogP contribution in [0.25, 0.3) is 0 Å². The van der Waals surface area contributed by atoms with Crippen LogP contribution in [0, 0.1) is 25.2 Å². The molecule has 1 aliphatic rings. The van der Waals surface area contributed by atoms with Crippen LogP contribution >= 0.6 is 11.3 Å². The fraction of sp³-hybridized carbons (Fsp3) is 0.500. The summed E-state index contributed by atoms with van der Waals surface area (Å²) in [7, 11) is 0. The third-order valence-corrected chi connectivity index (χ3v) is 6.55. The van der Waals surface area contributed by atoms with Crippen LogP contribution in [0.5, 0.6) is 0 Å². The molecule has 0 fully saturated rings. The first-order chi connectivity index (χ1) is 13.8. The number of carbonyl (C=O) groups excluding carboxylic acids is 2. The van der Waals surface area contributed by atoms with Crippen molar-refractivity contribution in [1.29, 1.82) is 5.26 Å². The molecule has 7 heteroatoms. The number of anilines is 1. The molecule has 3 rings (SSSR count). The van der Waals surface area contributed by atoms with Gasteiger partial charge in [-0.1, -0.05) is 6.42 Å². The molecule has 0 bridgehead atoms. The highest BCUT2D eigenvalue weighted by Gasteiger charge is 2.22. The molecular weight excluding hydrogens is 386 g/mol. The first kappa shape index (κ1) is 21.1. The van der Waals surface area contributed by atoms with E-state index in [2.05, 4.69) is 29.8 Å². The van der Waals surface area contributed by atoms with Gasteiger partial charge in [0.25, 0.3) is 5.91 Å². The van der Waals surface area contributed by atoms with Crippen LogP contribution in [0.1, 0.15) is 76.9 Å². The standard InChI is InChI=1S/C22H27N3O3S/c1-13(2)25-14(3)10-17(15(25)4)22(27)28-12-20(26)24-21-18(11-23)16-8-6-5-7-9-19(16)29-21/h10,13H,5-9,12H2,1-4H3,(H,24,26). The number of esters is 1. The number of amides is 1. The minimum Gasteiger partial charge on any atom is -0.452 e. The van der Waals surface area contributed by atoms with Crippen LogP contribution in [-0.4, -0.2) is 23.1 Å². The summed E-state index contributed by atoms with van der Waals surface area (Å²) in [4.78, 5) is 26.0. The number of thiophene rings is 1. The Labute approximate surface area is 175 Å². The lowest BCUT2D eigenvalue weighted by Crippen LogP contribution is -2.21. The molecule has 0 saturated carbocycles. The first-order valence-corrected chi connectivity index (χ1v) is 10.8. The van der Waals surface area contributed by atoms with Gasteiger partial charge >= 0.3 is 5.97 Å². The normalized spacial score (nSPS) is 13.5. The molecule has 0 aliphatic heterocycles. The maximum Gasteiger partial charge on any atom is 0.340 e. The SMILES string of the molecule is Cc1cc(C(=O)OCC(=O)Nc2sc3c(c2C#N)CCCCC3)c(C)n1C(C)C. The molecule has 0 spiro atoms. The van der Waals surface area contributed by atoms with Gasteiger partial charge in [0, 0.05) is 22.3 Å². The van der Waals surface area contributed by atoms with Gasteiger partial charge in [0.05, 0.1) is 11.1 Å². The third kappa shape index (κ3) is 4.38. The highest BCUT2D eigenvalue weighted by atomic mass is 32.1.